The van der Waals surface area contributed by atoms with Gasteiger partial charge in [0.2, 0.25) is 0 Å². The lowest BCUT2D eigenvalue weighted by atomic mass is 10.1. The van der Waals surface area contributed by atoms with E-state index in [-0.39, 0.29) is 17.3 Å². The Kier molecular flexibility index (Phi) is 5.07. The molecular weight excluding hydrogens is 240 g/mol. The van der Waals surface area contributed by atoms with E-state index < -0.39 is 17.6 Å². The van der Waals surface area contributed by atoms with Gasteiger partial charge < -0.3 is 10.4 Å². The summed E-state index contributed by atoms with van der Waals surface area (Å²) in [5.41, 5.74) is -0.639. The van der Waals surface area contributed by atoms with Crippen LogP contribution in [0.2, 0.25) is 0 Å². The second kappa shape index (κ2) is 6.33. The van der Waals surface area contributed by atoms with Crippen LogP contribution in [0.15, 0.2) is 12.1 Å². The van der Waals surface area contributed by atoms with Gasteiger partial charge in [0.25, 0.3) is 0 Å². The molecular formula is C13H17F2NO2. The zero-order valence-electron chi connectivity index (χ0n) is 10.5. The Morgan fingerprint density at radius 2 is 1.89 bits per heavy atom. The van der Waals surface area contributed by atoms with Gasteiger partial charge >= 0.3 is 5.97 Å². The highest BCUT2D eigenvalue weighted by molar-refractivity contribution is 5.88. The summed E-state index contributed by atoms with van der Waals surface area (Å²) < 4.78 is 27.3. The van der Waals surface area contributed by atoms with Gasteiger partial charge in [-0.2, -0.15) is 0 Å². The van der Waals surface area contributed by atoms with E-state index in [1.54, 1.807) is 0 Å². The molecule has 1 aromatic rings. The molecule has 0 fully saturated rings. The predicted molar refractivity (Wildman–Crippen MR) is 65.9 cm³/mol. The SMILES string of the molecule is CCCC(CC)Nc1c(F)cc(C(=O)O)cc1F. The molecule has 1 unspecified atom stereocenters. The summed E-state index contributed by atoms with van der Waals surface area (Å²) in [6.45, 7) is 3.92. The maximum absolute atomic E-state index is 13.6. The number of halogens is 2. The number of nitrogens with one attached hydrogen (secondary N) is 1. The van der Waals surface area contributed by atoms with Gasteiger partial charge in [-0.05, 0) is 25.0 Å². The molecule has 1 atom stereocenters. The van der Waals surface area contributed by atoms with Crippen molar-refractivity contribution < 1.29 is 18.7 Å². The van der Waals surface area contributed by atoms with E-state index in [1.165, 1.54) is 0 Å². The number of hydrogen-bond acceptors (Lipinski definition) is 2. The van der Waals surface area contributed by atoms with Crippen molar-refractivity contribution >= 4 is 11.7 Å². The highest BCUT2D eigenvalue weighted by atomic mass is 19.1. The van der Waals surface area contributed by atoms with Crippen LogP contribution in [-0.4, -0.2) is 17.1 Å². The van der Waals surface area contributed by atoms with Crippen molar-refractivity contribution in [1.29, 1.82) is 0 Å². The Hall–Kier alpha value is -1.65. The molecule has 0 bridgehead atoms. The van der Waals surface area contributed by atoms with Crippen LogP contribution >= 0.6 is 0 Å². The summed E-state index contributed by atoms with van der Waals surface area (Å²) in [5.74, 6) is -3.09. The van der Waals surface area contributed by atoms with Gasteiger partial charge in [-0.15, -0.1) is 0 Å². The first-order chi connectivity index (χ1) is 8.49. The fraction of sp³-hybridized carbons (Fsp3) is 0.462. The quantitative estimate of drug-likeness (QED) is 0.817. The average molecular weight is 257 g/mol. The Balaban J connectivity index is 2.99. The lowest BCUT2D eigenvalue weighted by molar-refractivity contribution is 0.0696. The smallest absolute Gasteiger partial charge is 0.335 e. The molecule has 0 amide bonds. The summed E-state index contributed by atoms with van der Waals surface area (Å²) in [6, 6.07) is 1.63. The van der Waals surface area contributed by atoms with E-state index in [0.717, 1.165) is 31.4 Å². The van der Waals surface area contributed by atoms with Gasteiger partial charge in [-0.25, -0.2) is 13.6 Å². The van der Waals surface area contributed by atoms with Crippen LogP contribution < -0.4 is 5.32 Å². The largest absolute Gasteiger partial charge is 0.478 e. The van der Waals surface area contributed by atoms with Crippen molar-refractivity contribution in [2.45, 2.75) is 39.2 Å². The maximum Gasteiger partial charge on any atom is 0.335 e. The van der Waals surface area contributed by atoms with Crippen molar-refractivity contribution in [2.24, 2.45) is 0 Å². The van der Waals surface area contributed by atoms with Crippen molar-refractivity contribution in [1.82, 2.24) is 0 Å². The van der Waals surface area contributed by atoms with Crippen LogP contribution in [0.1, 0.15) is 43.5 Å². The monoisotopic (exact) mass is 257 g/mol. The second-order valence-corrected chi connectivity index (χ2v) is 4.16. The van der Waals surface area contributed by atoms with Crippen molar-refractivity contribution in [3.63, 3.8) is 0 Å². The number of rotatable bonds is 6. The molecule has 0 aliphatic heterocycles. The number of hydrogen-bond donors (Lipinski definition) is 2. The first-order valence-electron chi connectivity index (χ1n) is 5.98. The summed E-state index contributed by atoms with van der Waals surface area (Å²) in [6.07, 6.45) is 2.45. The van der Waals surface area contributed by atoms with Crippen molar-refractivity contribution in [2.75, 3.05) is 5.32 Å². The number of carboxylic acids is 1. The molecule has 3 nitrogen and oxygen atoms in total. The van der Waals surface area contributed by atoms with Gasteiger partial charge in [-0.1, -0.05) is 20.3 Å². The molecule has 0 saturated carbocycles. The Morgan fingerprint density at radius 1 is 1.33 bits per heavy atom. The predicted octanol–water partition coefficient (Wildman–Crippen LogP) is 3.65. The number of aromatic carboxylic acids is 1. The minimum absolute atomic E-state index is 0.0188. The first-order valence-corrected chi connectivity index (χ1v) is 5.98. The fourth-order valence-corrected chi connectivity index (χ4v) is 1.77. The lowest BCUT2D eigenvalue weighted by Gasteiger charge is -2.18. The van der Waals surface area contributed by atoms with Crippen molar-refractivity contribution in [3.8, 4) is 0 Å². The van der Waals surface area contributed by atoms with Gasteiger partial charge in [0.15, 0.2) is 0 Å². The van der Waals surface area contributed by atoms with Gasteiger partial charge in [0.05, 0.1) is 5.56 Å². The highest BCUT2D eigenvalue weighted by Crippen LogP contribution is 2.23. The third kappa shape index (κ3) is 3.42. The minimum Gasteiger partial charge on any atom is -0.478 e. The number of carbonyl (C=O) groups is 1. The van der Waals surface area contributed by atoms with Crippen LogP contribution in [0.25, 0.3) is 0 Å². The van der Waals surface area contributed by atoms with Gasteiger partial charge in [0, 0.05) is 6.04 Å². The molecule has 0 spiro atoms. The molecule has 0 aliphatic carbocycles. The van der Waals surface area contributed by atoms with Crippen molar-refractivity contribution in [3.05, 3.63) is 29.3 Å². The maximum atomic E-state index is 13.6. The topological polar surface area (TPSA) is 49.3 Å². The Morgan fingerprint density at radius 3 is 2.28 bits per heavy atom. The summed E-state index contributed by atoms with van der Waals surface area (Å²) in [4.78, 5) is 10.6. The third-order valence-electron chi connectivity index (χ3n) is 2.77. The fourth-order valence-electron chi connectivity index (χ4n) is 1.77. The summed E-state index contributed by atoms with van der Waals surface area (Å²) in [7, 11) is 0. The molecule has 0 heterocycles. The molecule has 2 N–H and O–H groups in total. The number of carboxylic acid groups (broad SMARTS) is 1. The van der Waals surface area contributed by atoms with E-state index in [9.17, 15) is 13.6 Å². The van der Waals surface area contributed by atoms with Gasteiger partial charge in [0.1, 0.15) is 17.3 Å². The van der Waals surface area contributed by atoms with Crippen LogP contribution in [0.3, 0.4) is 0 Å². The Labute approximate surface area is 105 Å². The zero-order valence-corrected chi connectivity index (χ0v) is 10.5. The second-order valence-electron chi connectivity index (χ2n) is 4.16. The van der Waals surface area contributed by atoms with E-state index in [2.05, 4.69) is 5.32 Å². The highest BCUT2D eigenvalue weighted by Gasteiger charge is 2.16. The van der Waals surface area contributed by atoms with Crippen LogP contribution in [0.5, 0.6) is 0 Å². The summed E-state index contributed by atoms with van der Waals surface area (Å²) >= 11 is 0. The molecule has 0 aromatic heterocycles. The van der Waals surface area contributed by atoms with Gasteiger partial charge in [-0.3, -0.25) is 0 Å². The normalized spacial score (nSPS) is 12.2. The molecule has 0 radical (unpaired) electrons. The van der Waals surface area contributed by atoms with Crippen LogP contribution in [0.4, 0.5) is 14.5 Å². The molecule has 0 aliphatic rings. The number of benzene rings is 1. The molecule has 5 heteroatoms. The standard InChI is InChI=1S/C13H17F2NO2/c1-3-5-9(4-2)16-12-10(14)6-8(13(17)18)7-11(12)15/h6-7,9,16H,3-5H2,1-2H3,(H,17,18). The zero-order chi connectivity index (χ0) is 13.7. The Bertz CT molecular complexity index is 412. The van der Waals surface area contributed by atoms with E-state index >= 15 is 0 Å². The molecule has 1 rings (SSSR count). The molecule has 0 saturated heterocycles. The molecule has 100 valence electrons. The first kappa shape index (κ1) is 14.4. The summed E-state index contributed by atoms with van der Waals surface area (Å²) in [5, 5.41) is 11.5. The minimum atomic E-state index is -1.35. The molecule has 18 heavy (non-hydrogen) atoms. The van der Waals surface area contributed by atoms with E-state index in [4.69, 9.17) is 5.11 Å². The number of anilines is 1. The third-order valence-corrected chi connectivity index (χ3v) is 2.77. The average Bonchev–Trinajstić information content (AvgIpc) is 2.31. The lowest BCUT2D eigenvalue weighted by Crippen LogP contribution is -2.20. The molecule has 1 aromatic carbocycles. The van der Waals surface area contributed by atoms with E-state index in [1.807, 2.05) is 13.8 Å². The van der Waals surface area contributed by atoms with E-state index in [0.29, 0.717) is 0 Å². The van der Waals surface area contributed by atoms with Crippen LogP contribution in [-0.2, 0) is 0 Å². The van der Waals surface area contributed by atoms with Crippen LogP contribution in [0, 0.1) is 11.6 Å².